The summed E-state index contributed by atoms with van der Waals surface area (Å²) in [6, 6.07) is 15.7. The van der Waals surface area contributed by atoms with Gasteiger partial charge in [0, 0.05) is 12.0 Å². The Bertz CT molecular complexity index is 992. The van der Waals surface area contributed by atoms with Gasteiger partial charge in [-0.25, -0.2) is 4.79 Å². The van der Waals surface area contributed by atoms with E-state index in [4.69, 9.17) is 4.74 Å². The Labute approximate surface area is 200 Å². The Kier molecular flexibility index (Phi) is 8.31. The molecule has 1 unspecified atom stereocenters. The normalized spacial score (nSPS) is 14.9. The number of ether oxygens (including phenoxy) is 1. The molecular weight excluding hydrogens is 432 g/mol. The molecule has 0 aliphatic heterocycles. The zero-order chi connectivity index (χ0) is 24.7. The Morgan fingerprint density at radius 2 is 1.62 bits per heavy atom. The molecule has 0 fully saturated rings. The summed E-state index contributed by atoms with van der Waals surface area (Å²) >= 11 is 0. The highest BCUT2D eigenvalue weighted by molar-refractivity contribution is 5.90. The summed E-state index contributed by atoms with van der Waals surface area (Å²) in [4.78, 5) is 36.9. The number of carbonyl (C=O) groups is 3. The van der Waals surface area contributed by atoms with Crippen LogP contribution in [0.15, 0.2) is 48.5 Å². The molecule has 0 bridgehead atoms. The third-order valence-corrected chi connectivity index (χ3v) is 6.59. The second-order valence-electron chi connectivity index (χ2n) is 9.05. The average Bonchev–Trinajstić information content (AvgIpc) is 3.14. The maximum Gasteiger partial charge on any atom is 0.408 e. The van der Waals surface area contributed by atoms with Crippen molar-refractivity contribution in [3.05, 3.63) is 59.7 Å². The minimum absolute atomic E-state index is 0.0751. The molecule has 3 N–H and O–H groups in total. The van der Waals surface area contributed by atoms with Crippen LogP contribution in [-0.2, 0) is 14.3 Å². The molecule has 2 aromatic carbocycles. The monoisotopic (exact) mass is 466 g/mol. The Balaban J connectivity index is 1.64. The summed E-state index contributed by atoms with van der Waals surface area (Å²) in [7, 11) is 0. The van der Waals surface area contributed by atoms with Gasteiger partial charge >= 0.3 is 12.1 Å². The highest BCUT2D eigenvalue weighted by Crippen LogP contribution is 2.44. The van der Waals surface area contributed by atoms with Gasteiger partial charge in [-0.2, -0.15) is 0 Å². The zero-order valence-electron chi connectivity index (χ0n) is 20.1. The van der Waals surface area contributed by atoms with Gasteiger partial charge < -0.3 is 20.5 Å². The number of carbonyl (C=O) groups excluding carboxylic acids is 2. The molecule has 2 amide bonds. The first-order valence-electron chi connectivity index (χ1n) is 11.9. The number of carboxylic acids is 1. The van der Waals surface area contributed by atoms with Gasteiger partial charge in [0.15, 0.2) is 0 Å². The molecule has 0 radical (unpaired) electrons. The molecule has 34 heavy (non-hydrogen) atoms. The largest absolute Gasteiger partial charge is 0.481 e. The Hall–Kier alpha value is -3.35. The van der Waals surface area contributed by atoms with E-state index in [0.717, 1.165) is 35.1 Å². The molecule has 1 aliphatic carbocycles. The van der Waals surface area contributed by atoms with Gasteiger partial charge in [-0.1, -0.05) is 75.2 Å². The van der Waals surface area contributed by atoms with Gasteiger partial charge in [0.25, 0.3) is 0 Å². The van der Waals surface area contributed by atoms with Crippen molar-refractivity contribution in [1.82, 2.24) is 10.6 Å². The van der Waals surface area contributed by atoms with Crippen LogP contribution in [-0.4, -0.2) is 41.3 Å². The van der Waals surface area contributed by atoms with E-state index in [-0.39, 0.29) is 18.9 Å². The molecule has 0 saturated carbocycles. The molecule has 0 aromatic heterocycles. The molecule has 7 nitrogen and oxygen atoms in total. The summed E-state index contributed by atoms with van der Waals surface area (Å²) < 4.78 is 5.60. The van der Waals surface area contributed by atoms with E-state index in [0.29, 0.717) is 12.8 Å². The zero-order valence-corrected chi connectivity index (χ0v) is 20.1. The fourth-order valence-electron chi connectivity index (χ4n) is 4.40. The summed E-state index contributed by atoms with van der Waals surface area (Å²) in [5, 5.41) is 14.7. The van der Waals surface area contributed by atoms with Gasteiger partial charge in [-0.3, -0.25) is 9.59 Å². The van der Waals surface area contributed by atoms with Gasteiger partial charge in [-0.15, -0.1) is 0 Å². The Morgan fingerprint density at radius 3 is 2.15 bits per heavy atom. The first-order valence-corrected chi connectivity index (χ1v) is 11.9. The van der Waals surface area contributed by atoms with Crippen LogP contribution in [0.3, 0.4) is 0 Å². The molecule has 2 aromatic rings. The summed E-state index contributed by atoms with van der Waals surface area (Å²) in [6.45, 7) is 5.58. The summed E-state index contributed by atoms with van der Waals surface area (Å²) in [5.74, 6) is -1.45. The van der Waals surface area contributed by atoms with Gasteiger partial charge in [-0.05, 0) is 42.0 Å². The van der Waals surface area contributed by atoms with Gasteiger partial charge in [0.1, 0.15) is 12.1 Å². The average molecular weight is 467 g/mol. The highest BCUT2D eigenvalue weighted by atomic mass is 16.5. The number of benzene rings is 2. The molecule has 0 spiro atoms. The third-order valence-electron chi connectivity index (χ3n) is 6.59. The number of nitrogens with one attached hydrogen (secondary N) is 2. The number of hydrogen-bond acceptors (Lipinski definition) is 4. The Morgan fingerprint density at radius 1 is 1.03 bits per heavy atom. The van der Waals surface area contributed by atoms with E-state index in [1.165, 1.54) is 0 Å². The number of hydrogen-bond donors (Lipinski definition) is 3. The predicted molar refractivity (Wildman–Crippen MR) is 131 cm³/mol. The minimum atomic E-state index is -1.22. The van der Waals surface area contributed by atoms with Crippen LogP contribution in [0.2, 0.25) is 0 Å². The summed E-state index contributed by atoms with van der Waals surface area (Å²) in [5.41, 5.74) is 3.29. The van der Waals surface area contributed by atoms with Gasteiger partial charge in [0.05, 0.1) is 6.42 Å². The van der Waals surface area contributed by atoms with E-state index in [2.05, 4.69) is 22.8 Å². The minimum Gasteiger partial charge on any atom is -0.481 e. The standard InChI is InChI=1S/C27H34N2O5/c1-4-6-11-18(16-24(30)31)28-25(32)27(3,5-2)29-26(33)34-17-23-21-14-9-7-12-19(21)20-13-8-10-15-22(20)23/h7-10,12-15,18,23H,4-6,11,16-17H2,1-3H3,(H,28,32)(H,29,33)(H,30,31)/t18-,27?/m0/s1. The number of amides is 2. The third kappa shape index (κ3) is 5.76. The fraction of sp³-hybridized carbons (Fsp3) is 0.444. The first kappa shape index (κ1) is 25.3. The van der Waals surface area contributed by atoms with Crippen LogP contribution in [0.4, 0.5) is 4.79 Å². The second kappa shape index (κ2) is 11.2. The van der Waals surface area contributed by atoms with Crippen molar-refractivity contribution in [2.45, 2.75) is 70.4 Å². The maximum atomic E-state index is 13.0. The van der Waals surface area contributed by atoms with E-state index >= 15 is 0 Å². The molecule has 0 heterocycles. The number of carboxylic acid groups (broad SMARTS) is 1. The summed E-state index contributed by atoms with van der Waals surface area (Å²) in [6.07, 6.45) is 1.77. The molecule has 1 aliphatic rings. The quantitative estimate of drug-likeness (QED) is 0.439. The number of aliphatic carboxylic acids is 1. The lowest BCUT2D eigenvalue weighted by Crippen LogP contribution is -2.58. The van der Waals surface area contributed by atoms with Crippen molar-refractivity contribution in [2.75, 3.05) is 6.61 Å². The number of fused-ring (bicyclic) bond motifs is 3. The lowest BCUT2D eigenvalue weighted by Gasteiger charge is -2.30. The van der Waals surface area contributed by atoms with Crippen LogP contribution in [0, 0.1) is 0 Å². The van der Waals surface area contributed by atoms with Crippen molar-refractivity contribution in [2.24, 2.45) is 0 Å². The van der Waals surface area contributed by atoms with Crippen LogP contribution in [0.1, 0.15) is 69.9 Å². The van der Waals surface area contributed by atoms with Crippen LogP contribution >= 0.6 is 0 Å². The highest BCUT2D eigenvalue weighted by Gasteiger charge is 2.36. The molecule has 0 saturated heterocycles. The van der Waals surface area contributed by atoms with Crippen LogP contribution < -0.4 is 10.6 Å². The van der Waals surface area contributed by atoms with E-state index in [1.807, 2.05) is 43.3 Å². The van der Waals surface area contributed by atoms with Crippen LogP contribution in [0.5, 0.6) is 0 Å². The van der Waals surface area contributed by atoms with E-state index in [1.54, 1.807) is 13.8 Å². The van der Waals surface area contributed by atoms with E-state index < -0.39 is 29.6 Å². The van der Waals surface area contributed by atoms with Crippen molar-refractivity contribution in [1.29, 1.82) is 0 Å². The number of rotatable bonds is 11. The predicted octanol–water partition coefficient (Wildman–Crippen LogP) is 4.84. The van der Waals surface area contributed by atoms with Crippen molar-refractivity contribution < 1.29 is 24.2 Å². The van der Waals surface area contributed by atoms with Crippen LogP contribution in [0.25, 0.3) is 11.1 Å². The molecule has 2 atom stereocenters. The van der Waals surface area contributed by atoms with Crippen molar-refractivity contribution >= 4 is 18.0 Å². The molecule has 7 heteroatoms. The molecule has 182 valence electrons. The number of unbranched alkanes of at least 4 members (excludes halogenated alkanes) is 1. The van der Waals surface area contributed by atoms with E-state index in [9.17, 15) is 19.5 Å². The lowest BCUT2D eigenvalue weighted by atomic mass is 9.96. The molecule has 3 rings (SSSR count). The number of alkyl carbamates (subject to hydrolysis) is 1. The SMILES string of the molecule is CCCC[C@@H](CC(=O)O)NC(=O)C(C)(CC)NC(=O)OCC1c2ccccc2-c2ccccc21. The smallest absolute Gasteiger partial charge is 0.408 e. The maximum absolute atomic E-state index is 13.0. The molecular formula is C27H34N2O5. The topological polar surface area (TPSA) is 105 Å². The van der Waals surface area contributed by atoms with Crippen molar-refractivity contribution in [3.8, 4) is 11.1 Å². The van der Waals surface area contributed by atoms with Gasteiger partial charge in [0.2, 0.25) is 5.91 Å². The lowest BCUT2D eigenvalue weighted by molar-refractivity contribution is -0.138. The fourth-order valence-corrected chi connectivity index (χ4v) is 4.40. The second-order valence-corrected chi connectivity index (χ2v) is 9.05. The van der Waals surface area contributed by atoms with Crippen molar-refractivity contribution in [3.63, 3.8) is 0 Å². The first-order chi connectivity index (χ1) is 16.3.